The Balaban J connectivity index is 1.82. The lowest BCUT2D eigenvalue weighted by atomic mass is 10.2. The molecule has 0 spiro atoms. The third kappa shape index (κ3) is 5.94. The number of ether oxygens (including phenoxy) is 1. The van der Waals surface area contributed by atoms with Gasteiger partial charge in [-0.15, -0.1) is 0 Å². The van der Waals surface area contributed by atoms with E-state index in [2.05, 4.69) is 36.8 Å². The number of aliphatic hydroxyl groups excluding tert-OH is 3. The highest BCUT2D eigenvalue weighted by atomic mass is 79.9. The van der Waals surface area contributed by atoms with E-state index in [4.69, 9.17) is 14.9 Å². The summed E-state index contributed by atoms with van der Waals surface area (Å²) in [6.07, 6.45) is -0.807. The third-order valence-electron chi connectivity index (χ3n) is 4.88. The van der Waals surface area contributed by atoms with Crippen LogP contribution in [0.3, 0.4) is 0 Å². The van der Waals surface area contributed by atoms with Crippen LogP contribution in [0.15, 0.2) is 50.1 Å². The number of halogens is 2. The Bertz CT molecular complexity index is 1130. The number of nitrogens with zero attached hydrogens (tertiary/aromatic N) is 3. The van der Waals surface area contributed by atoms with Crippen LogP contribution < -0.4 is 10.3 Å². The van der Waals surface area contributed by atoms with Gasteiger partial charge in [0.05, 0.1) is 29.8 Å². The van der Waals surface area contributed by atoms with Crippen molar-refractivity contribution in [2.75, 3.05) is 39.5 Å². The van der Waals surface area contributed by atoms with Gasteiger partial charge in [-0.2, -0.15) is 0 Å². The van der Waals surface area contributed by atoms with E-state index < -0.39 is 6.10 Å². The Hall–Kier alpha value is -1.82. The first kappa shape index (κ1) is 24.8. The lowest BCUT2D eigenvalue weighted by molar-refractivity contribution is 0.0552. The molecule has 0 saturated carbocycles. The van der Waals surface area contributed by atoms with Crippen LogP contribution in [0, 0.1) is 6.92 Å². The van der Waals surface area contributed by atoms with Gasteiger partial charge in [-0.3, -0.25) is 14.3 Å². The van der Waals surface area contributed by atoms with Gasteiger partial charge in [0.25, 0.3) is 5.56 Å². The van der Waals surface area contributed by atoms with Gasteiger partial charge in [-0.25, -0.2) is 4.98 Å². The summed E-state index contributed by atoms with van der Waals surface area (Å²) < 4.78 is 8.77. The monoisotopic (exact) mass is 569 g/mol. The molecule has 0 aliphatic carbocycles. The van der Waals surface area contributed by atoms with E-state index in [-0.39, 0.29) is 31.9 Å². The van der Waals surface area contributed by atoms with Crippen LogP contribution in [-0.4, -0.2) is 75.3 Å². The predicted octanol–water partition coefficient (Wildman–Crippen LogP) is 2.25. The smallest absolute Gasteiger partial charge is 0.266 e. The van der Waals surface area contributed by atoms with Gasteiger partial charge < -0.3 is 20.1 Å². The minimum absolute atomic E-state index is 0.0283. The zero-order valence-electron chi connectivity index (χ0n) is 17.5. The number of benzene rings is 2. The predicted molar refractivity (Wildman–Crippen MR) is 130 cm³/mol. The second-order valence-electron chi connectivity index (χ2n) is 7.29. The van der Waals surface area contributed by atoms with Gasteiger partial charge in [0.2, 0.25) is 0 Å². The van der Waals surface area contributed by atoms with E-state index in [1.54, 1.807) is 42.2 Å². The summed E-state index contributed by atoms with van der Waals surface area (Å²) >= 11 is 6.88. The number of aryl methyl sites for hydroxylation is 1. The molecule has 1 heterocycles. The molecule has 1 aromatic heterocycles. The van der Waals surface area contributed by atoms with Gasteiger partial charge >= 0.3 is 0 Å². The van der Waals surface area contributed by atoms with Gasteiger partial charge in [0, 0.05) is 34.6 Å². The second kappa shape index (κ2) is 11.4. The minimum atomic E-state index is -0.807. The summed E-state index contributed by atoms with van der Waals surface area (Å²) in [5.74, 6) is 1.03. The number of fused-ring (bicyclic) bond motifs is 1. The number of rotatable bonds is 10. The average molecular weight is 571 g/mol. The topological polar surface area (TPSA) is 108 Å². The molecule has 1 unspecified atom stereocenters. The zero-order valence-corrected chi connectivity index (χ0v) is 20.7. The van der Waals surface area contributed by atoms with Crippen LogP contribution in [0.25, 0.3) is 16.6 Å². The van der Waals surface area contributed by atoms with Crippen molar-refractivity contribution >= 4 is 42.8 Å². The summed E-state index contributed by atoms with van der Waals surface area (Å²) in [7, 11) is 0. The van der Waals surface area contributed by atoms with Crippen molar-refractivity contribution in [2.24, 2.45) is 0 Å². The molecule has 0 aliphatic heterocycles. The molecule has 8 nitrogen and oxygen atoms in total. The first-order chi connectivity index (χ1) is 15.3. The van der Waals surface area contributed by atoms with Crippen molar-refractivity contribution in [2.45, 2.75) is 13.0 Å². The van der Waals surface area contributed by atoms with Gasteiger partial charge in [0.1, 0.15) is 24.3 Å². The molecule has 3 aromatic rings. The highest BCUT2D eigenvalue weighted by Crippen LogP contribution is 2.26. The fourth-order valence-corrected chi connectivity index (χ4v) is 4.77. The Kier molecular flexibility index (Phi) is 8.80. The Labute approximate surface area is 202 Å². The molecule has 0 amide bonds. The van der Waals surface area contributed by atoms with E-state index in [0.29, 0.717) is 41.3 Å². The van der Waals surface area contributed by atoms with Crippen LogP contribution >= 0.6 is 31.9 Å². The highest BCUT2D eigenvalue weighted by molar-refractivity contribution is 9.11. The molecule has 10 heteroatoms. The highest BCUT2D eigenvalue weighted by Gasteiger charge is 2.15. The maximum atomic E-state index is 13.2. The SMILES string of the molecule is Cc1nc2c(Br)cc(Br)cc2c(=O)n1-c1cccc(OCC(O)CN(CCO)CCO)c1. The van der Waals surface area contributed by atoms with Crippen molar-refractivity contribution < 1.29 is 20.1 Å². The lowest BCUT2D eigenvalue weighted by Gasteiger charge is -2.23. The summed E-state index contributed by atoms with van der Waals surface area (Å²) in [5.41, 5.74) is 1.00. The summed E-state index contributed by atoms with van der Waals surface area (Å²) in [5, 5.41) is 28.9. The van der Waals surface area contributed by atoms with E-state index in [1.807, 2.05) is 6.07 Å². The van der Waals surface area contributed by atoms with Crippen LogP contribution in [-0.2, 0) is 0 Å². The first-order valence-electron chi connectivity index (χ1n) is 10.1. The van der Waals surface area contributed by atoms with Gasteiger partial charge in [-0.1, -0.05) is 22.0 Å². The number of aromatic nitrogens is 2. The van der Waals surface area contributed by atoms with Crippen molar-refractivity contribution in [3.05, 3.63) is 61.5 Å². The molecule has 0 radical (unpaired) electrons. The normalized spacial score (nSPS) is 12.5. The molecule has 3 N–H and O–H groups in total. The third-order valence-corrected chi connectivity index (χ3v) is 5.94. The van der Waals surface area contributed by atoms with Crippen LogP contribution in [0.1, 0.15) is 5.82 Å². The lowest BCUT2D eigenvalue weighted by Crippen LogP contribution is -2.38. The quantitative estimate of drug-likeness (QED) is 0.343. The first-order valence-corrected chi connectivity index (χ1v) is 11.7. The fraction of sp³-hybridized carbons (Fsp3) is 0.364. The molecule has 0 aliphatic rings. The number of hydrogen-bond acceptors (Lipinski definition) is 7. The van der Waals surface area contributed by atoms with Crippen molar-refractivity contribution in [1.82, 2.24) is 14.5 Å². The summed E-state index contributed by atoms with van der Waals surface area (Å²) in [6, 6.07) is 10.6. The maximum Gasteiger partial charge on any atom is 0.266 e. The average Bonchev–Trinajstić information content (AvgIpc) is 2.74. The van der Waals surface area contributed by atoms with Crippen LogP contribution in [0.2, 0.25) is 0 Å². The molecule has 172 valence electrons. The Morgan fingerprint density at radius 3 is 2.56 bits per heavy atom. The van der Waals surface area contributed by atoms with E-state index in [0.717, 1.165) is 8.95 Å². The zero-order chi connectivity index (χ0) is 23.3. The van der Waals surface area contributed by atoms with Crippen molar-refractivity contribution in [3.63, 3.8) is 0 Å². The minimum Gasteiger partial charge on any atom is -0.491 e. The number of hydrogen-bond donors (Lipinski definition) is 3. The molecule has 2 aromatic carbocycles. The molecular weight excluding hydrogens is 546 g/mol. The second-order valence-corrected chi connectivity index (χ2v) is 9.06. The Morgan fingerprint density at radius 1 is 1.16 bits per heavy atom. The summed E-state index contributed by atoms with van der Waals surface area (Å²) in [4.78, 5) is 19.6. The van der Waals surface area contributed by atoms with Crippen LogP contribution in [0.4, 0.5) is 0 Å². The Morgan fingerprint density at radius 2 is 1.88 bits per heavy atom. The molecule has 0 saturated heterocycles. The molecule has 3 rings (SSSR count). The van der Waals surface area contributed by atoms with Gasteiger partial charge in [0.15, 0.2) is 0 Å². The summed E-state index contributed by atoms with van der Waals surface area (Å²) in [6.45, 7) is 2.65. The van der Waals surface area contributed by atoms with E-state index >= 15 is 0 Å². The molecule has 0 fully saturated rings. The van der Waals surface area contributed by atoms with Crippen molar-refractivity contribution in [1.29, 1.82) is 0 Å². The standard InChI is InChI=1S/C22H25Br2N3O5/c1-14-25-21-19(9-15(23)10-20(21)24)22(31)27(14)16-3-2-4-18(11-16)32-13-17(30)12-26(5-7-28)6-8-29/h2-4,9-11,17,28-30H,5-8,12-13H2,1H3. The van der Waals surface area contributed by atoms with Crippen LogP contribution in [0.5, 0.6) is 5.75 Å². The molecule has 1 atom stereocenters. The van der Waals surface area contributed by atoms with E-state index in [1.165, 1.54) is 4.57 Å². The largest absolute Gasteiger partial charge is 0.491 e. The molecule has 32 heavy (non-hydrogen) atoms. The van der Waals surface area contributed by atoms with Crippen molar-refractivity contribution in [3.8, 4) is 11.4 Å². The number of aliphatic hydroxyl groups is 3. The fourth-order valence-electron chi connectivity index (χ4n) is 3.46. The molecular formula is C22H25Br2N3O5. The van der Waals surface area contributed by atoms with E-state index in [9.17, 15) is 9.90 Å². The molecule has 0 bridgehead atoms. The van der Waals surface area contributed by atoms with Gasteiger partial charge in [-0.05, 0) is 47.1 Å². The maximum absolute atomic E-state index is 13.2.